The fourth-order valence-corrected chi connectivity index (χ4v) is 3.69. The second-order valence-electron chi connectivity index (χ2n) is 7.10. The van der Waals surface area contributed by atoms with Gasteiger partial charge in [-0.05, 0) is 49.9 Å². The summed E-state index contributed by atoms with van der Waals surface area (Å²) >= 11 is 0. The van der Waals surface area contributed by atoms with Gasteiger partial charge in [-0.25, -0.2) is 4.68 Å². The van der Waals surface area contributed by atoms with Crippen LogP contribution in [0.15, 0.2) is 53.7 Å². The highest BCUT2D eigenvalue weighted by Gasteiger charge is 2.24. The lowest BCUT2D eigenvalue weighted by Crippen LogP contribution is -2.36. The van der Waals surface area contributed by atoms with E-state index in [9.17, 15) is 4.79 Å². The van der Waals surface area contributed by atoms with Gasteiger partial charge in [0, 0.05) is 49.9 Å². The molecule has 3 aromatic rings. The van der Waals surface area contributed by atoms with Gasteiger partial charge in [-0.1, -0.05) is 0 Å². The molecule has 0 aliphatic heterocycles. The lowest BCUT2D eigenvalue weighted by molar-refractivity contribution is 0.268. The highest BCUT2D eigenvalue weighted by Crippen LogP contribution is 2.27. The number of rotatable bonds is 5. The first-order valence-corrected chi connectivity index (χ1v) is 9.41. The predicted octanol–water partition coefficient (Wildman–Crippen LogP) is 2.31. The molecule has 1 aliphatic rings. The van der Waals surface area contributed by atoms with Gasteiger partial charge in [0.1, 0.15) is 0 Å². The highest BCUT2D eigenvalue weighted by atomic mass is 16.1. The van der Waals surface area contributed by atoms with Crippen molar-refractivity contribution in [1.82, 2.24) is 29.9 Å². The number of aryl methyl sites for hydroxylation is 1. The molecular weight excluding hydrogens is 340 g/mol. The Balaban J connectivity index is 1.40. The maximum Gasteiger partial charge on any atom is 0.267 e. The van der Waals surface area contributed by atoms with Gasteiger partial charge in [-0.2, -0.15) is 10.2 Å². The van der Waals surface area contributed by atoms with Gasteiger partial charge < -0.3 is 5.32 Å². The Hall–Kier alpha value is -2.80. The number of aromatic nitrogens is 5. The zero-order chi connectivity index (χ0) is 18.6. The van der Waals surface area contributed by atoms with Crippen LogP contribution in [0.2, 0.25) is 0 Å². The molecule has 0 radical (unpaired) electrons. The van der Waals surface area contributed by atoms with Crippen molar-refractivity contribution >= 4 is 0 Å². The summed E-state index contributed by atoms with van der Waals surface area (Å²) in [6.07, 6.45) is 9.41. The van der Waals surface area contributed by atoms with Gasteiger partial charge in [-0.15, -0.1) is 0 Å². The molecular formula is C20H24N6O. The van der Waals surface area contributed by atoms with Crippen molar-refractivity contribution in [2.24, 2.45) is 7.05 Å². The molecule has 0 saturated heterocycles. The van der Waals surface area contributed by atoms with Crippen LogP contribution in [0.1, 0.15) is 37.4 Å². The average molecular weight is 364 g/mol. The third kappa shape index (κ3) is 4.14. The molecule has 0 atom stereocenters. The number of hydrogen-bond acceptors (Lipinski definition) is 5. The minimum atomic E-state index is -0.0299. The third-order valence-corrected chi connectivity index (χ3v) is 5.18. The lowest BCUT2D eigenvalue weighted by Gasteiger charge is -2.29. The van der Waals surface area contributed by atoms with E-state index in [4.69, 9.17) is 0 Å². The summed E-state index contributed by atoms with van der Waals surface area (Å²) in [5.41, 5.74) is 2.82. The van der Waals surface area contributed by atoms with Crippen molar-refractivity contribution in [2.45, 2.75) is 44.3 Å². The first-order valence-electron chi connectivity index (χ1n) is 9.41. The highest BCUT2D eigenvalue weighted by molar-refractivity contribution is 5.57. The molecule has 1 saturated carbocycles. The second kappa shape index (κ2) is 7.84. The molecule has 0 amide bonds. The van der Waals surface area contributed by atoms with Gasteiger partial charge in [-0.3, -0.25) is 14.5 Å². The Morgan fingerprint density at radius 1 is 1.04 bits per heavy atom. The van der Waals surface area contributed by atoms with Gasteiger partial charge in [0.25, 0.3) is 5.56 Å². The Labute approximate surface area is 158 Å². The van der Waals surface area contributed by atoms with Crippen molar-refractivity contribution in [3.05, 3.63) is 65.0 Å². The van der Waals surface area contributed by atoms with Crippen molar-refractivity contribution in [1.29, 1.82) is 0 Å². The van der Waals surface area contributed by atoms with Crippen LogP contribution in [-0.4, -0.2) is 30.6 Å². The molecule has 1 N–H and O–H groups in total. The van der Waals surface area contributed by atoms with E-state index >= 15 is 0 Å². The van der Waals surface area contributed by atoms with Gasteiger partial charge in [0.15, 0.2) is 0 Å². The Morgan fingerprint density at radius 2 is 1.81 bits per heavy atom. The molecule has 27 heavy (non-hydrogen) atoms. The number of pyridine rings is 1. The summed E-state index contributed by atoms with van der Waals surface area (Å²) in [7, 11) is 1.93. The maximum absolute atomic E-state index is 12.4. The van der Waals surface area contributed by atoms with Gasteiger partial charge in [0.2, 0.25) is 0 Å². The van der Waals surface area contributed by atoms with Crippen molar-refractivity contribution in [2.75, 3.05) is 0 Å². The largest absolute Gasteiger partial charge is 0.308 e. The normalized spacial score (nSPS) is 19.9. The quantitative estimate of drug-likeness (QED) is 0.752. The molecule has 3 heterocycles. The average Bonchev–Trinajstić information content (AvgIpc) is 3.13. The SMILES string of the molecule is Cn1ccc(CNC2CCC(n3nc(-c4ccncc4)ccc3=O)CC2)n1. The van der Waals surface area contributed by atoms with E-state index in [2.05, 4.69) is 20.5 Å². The van der Waals surface area contributed by atoms with Crippen LogP contribution in [0, 0.1) is 0 Å². The molecule has 1 fully saturated rings. The van der Waals surface area contributed by atoms with Crippen LogP contribution in [0.5, 0.6) is 0 Å². The maximum atomic E-state index is 12.4. The van der Waals surface area contributed by atoms with E-state index < -0.39 is 0 Å². The molecule has 4 rings (SSSR count). The Bertz CT molecular complexity index is 940. The van der Waals surface area contributed by atoms with Crippen LogP contribution in [0.4, 0.5) is 0 Å². The van der Waals surface area contributed by atoms with Crippen molar-refractivity contribution < 1.29 is 0 Å². The molecule has 7 nitrogen and oxygen atoms in total. The van der Waals surface area contributed by atoms with E-state index in [0.717, 1.165) is 49.2 Å². The number of nitrogens with one attached hydrogen (secondary N) is 1. The summed E-state index contributed by atoms with van der Waals surface area (Å²) in [6, 6.07) is 9.88. The molecule has 1 aliphatic carbocycles. The number of nitrogens with zero attached hydrogens (tertiary/aromatic N) is 5. The molecule has 0 aromatic carbocycles. The molecule has 7 heteroatoms. The van der Waals surface area contributed by atoms with Crippen LogP contribution in [0.25, 0.3) is 11.3 Å². The van der Waals surface area contributed by atoms with E-state index in [1.54, 1.807) is 29.2 Å². The van der Waals surface area contributed by atoms with Crippen LogP contribution < -0.4 is 10.9 Å². The zero-order valence-corrected chi connectivity index (χ0v) is 15.5. The van der Waals surface area contributed by atoms with Crippen molar-refractivity contribution in [3.8, 4) is 11.3 Å². The van der Waals surface area contributed by atoms with E-state index in [1.165, 1.54) is 0 Å². The van der Waals surface area contributed by atoms with Gasteiger partial charge in [0.05, 0.1) is 17.4 Å². The second-order valence-corrected chi connectivity index (χ2v) is 7.10. The van der Waals surface area contributed by atoms with Crippen molar-refractivity contribution in [3.63, 3.8) is 0 Å². The smallest absolute Gasteiger partial charge is 0.267 e. The summed E-state index contributed by atoms with van der Waals surface area (Å²) in [5.74, 6) is 0. The monoisotopic (exact) mass is 364 g/mol. The first-order chi connectivity index (χ1) is 13.2. The fraction of sp³-hybridized carbons (Fsp3) is 0.400. The Kier molecular flexibility index (Phi) is 5.11. The van der Waals surface area contributed by atoms with Crippen LogP contribution in [-0.2, 0) is 13.6 Å². The molecule has 3 aromatic heterocycles. The fourth-order valence-electron chi connectivity index (χ4n) is 3.69. The lowest BCUT2D eigenvalue weighted by atomic mass is 9.91. The number of hydrogen-bond donors (Lipinski definition) is 1. The van der Waals surface area contributed by atoms with Crippen LogP contribution in [0.3, 0.4) is 0 Å². The minimum Gasteiger partial charge on any atom is -0.308 e. The first kappa shape index (κ1) is 17.6. The summed E-state index contributed by atoms with van der Waals surface area (Å²) in [4.78, 5) is 16.4. The van der Waals surface area contributed by atoms with E-state index in [1.807, 2.05) is 36.1 Å². The van der Waals surface area contributed by atoms with E-state index in [-0.39, 0.29) is 11.6 Å². The summed E-state index contributed by atoms with van der Waals surface area (Å²) in [5, 5.41) is 12.6. The summed E-state index contributed by atoms with van der Waals surface area (Å²) < 4.78 is 3.49. The molecule has 140 valence electrons. The standard InChI is InChI=1S/C20H24N6O/c1-25-13-10-17(23-25)14-22-16-2-4-18(5-3-16)26-20(27)7-6-19(24-26)15-8-11-21-12-9-15/h6-13,16,18,22H,2-5,14H2,1H3. The molecule has 0 bridgehead atoms. The van der Waals surface area contributed by atoms with E-state index in [0.29, 0.717) is 6.04 Å². The minimum absolute atomic E-state index is 0.0299. The van der Waals surface area contributed by atoms with Crippen LogP contribution >= 0.6 is 0 Å². The predicted molar refractivity (Wildman–Crippen MR) is 103 cm³/mol. The zero-order valence-electron chi connectivity index (χ0n) is 15.5. The molecule has 0 spiro atoms. The Morgan fingerprint density at radius 3 is 2.52 bits per heavy atom. The van der Waals surface area contributed by atoms with Gasteiger partial charge >= 0.3 is 0 Å². The third-order valence-electron chi connectivity index (χ3n) is 5.18. The topological polar surface area (TPSA) is 77.6 Å². The summed E-state index contributed by atoms with van der Waals surface area (Å²) in [6.45, 7) is 0.784. The molecule has 0 unspecified atom stereocenters.